The van der Waals surface area contributed by atoms with E-state index >= 15 is 0 Å². The minimum absolute atomic E-state index is 0.107. The summed E-state index contributed by atoms with van der Waals surface area (Å²) in [6.45, 7) is 1.89. The van der Waals surface area contributed by atoms with Gasteiger partial charge >= 0.3 is 0 Å². The van der Waals surface area contributed by atoms with Crippen LogP contribution in [0.15, 0.2) is 66.2 Å². The minimum atomic E-state index is -0.277. The van der Waals surface area contributed by atoms with Crippen molar-refractivity contribution < 1.29 is 19.1 Å². The van der Waals surface area contributed by atoms with E-state index in [1.165, 1.54) is 4.90 Å². The third kappa shape index (κ3) is 3.36. The number of imide groups is 1. The molecule has 2 aromatic carbocycles. The first-order valence-corrected chi connectivity index (χ1v) is 9.39. The fourth-order valence-corrected chi connectivity index (χ4v) is 3.86. The molecule has 1 aliphatic heterocycles. The molecular formula is C23H21NO4. The Morgan fingerprint density at radius 3 is 2.57 bits per heavy atom. The molecule has 1 fully saturated rings. The Bertz CT molecular complexity index is 964. The molecule has 1 aliphatic carbocycles. The average Bonchev–Trinajstić information content (AvgIpc) is 2.96. The van der Waals surface area contributed by atoms with Crippen LogP contribution in [0.2, 0.25) is 0 Å². The molecular weight excluding hydrogens is 354 g/mol. The molecule has 0 bridgehead atoms. The monoisotopic (exact) mass is 375 g/mol. The summed E-state index contributed by atoms with van der Waals surface area (Å²) in [6.07, 6.45) is 3.29. The Balaban J connectivity index is 1.49. The van der Waals surface area contributed by atoms with E-state index in [1.807, 2.05) is 19.1 Å². The van der Waals surface area contributed by atoms with Gasteiger partial charge in [0, 0.05) is 11.6 Å². The molecule has 1 saturated heterocycles. The van der Waals surface area contributed by atoms with E-state index in [1.54, 1.807) is 48.5 Å². The molecule has 5 nitrogen and oxygen atoms in total. The topological polar surface area (TPSA) is 63.7 Å². The molecule has 0 radical (unpaired) electrons. The highest BCUT2D eigenvalue weighted by Gasteiger charge is 2.48. The molecule has 28 heavy (non-hydrogen) atoms. The van der Waals surface area contributed by atoms with Gasteiger partial charge in [-0.25, -0.2) is 4.90 Å². The van der Waals surface area contributed by atoms with Gasteiger partial charge < -0.3 is 4.74 Å². The van der Waals surface area contributed by atoms with E-state index in [9.17, 15) is 14.4 Å². The van der Waals surface area contributed by atoms with Crippen molar-refractivity contribution in [3.63, 3.8) is 0 Å². The van der Waals surface area contributed by atoms with Gasteiger partial charge in [-0.15, -0.1) is 0 Å². The van der Waals surface area contributed by atoms with Gasteiger partial charge in [-0.05, 0) is 31.9 Å². The largest absolute Gasteiger partial charge is 0.485 e. The first-order chi connectivity index (χ1) is 13.5. The minimum Gasteiger partial charge on any atom is -0.485 e. The van der Waals surface area contributed by atoms with Crippen LogP contribution in [-0.4, -0.2) is 24.2 Å². The number of anilines is 1. The Morgan fingerprint density at radius 1 is 1.04 bits per heavy atom. The standard InChI is InChI=1S/C23H21NO4/c1-15-10-11-19-20(12-15)23(27)24(22(19)26)17-8-5-9-18(13-17)28-14-21(25)16-6-3-2-4-7-16/h2-10,13,19-20H,11-12,14H2,1H3/t19-,20-/m0/s1. The zero-order valence-electron chi connectivity index (χ0n) is 15.6. The van der Waals surface area contributed by atoms with Crippen molar-refractivity contribution in [2.24, 2.45) is 11.8 Å². The Morgan fingerprint density at radius 2 is 1.79 bits per heavy atom. The van der Waals surface area contributed by atoms with Crippen molar-refractivity contribution >= 4 is 23.3 Å². The van der Waals surface area contributed by atoms with Crippen molar-refractivity contribution in [2.45, 2.75) is 19.8 Å². The number of hydrogen-bond donors (Lipinski definition) is 0. The molecule has 0 saturated carbocycles. The number of amides is 2. The summed E-state index contributed by atoms with van der Waals surface area (Å²) in [6, 6.07) is 15.7. The number of carbonyl (C=O) groups is 3. The van der Waals surface area contributed by atoms with E-state index in [2.05, 4.69) is 0 Å². The van der Waals surface area contributed by atoms with Gasteiger partial charge in [-0.3, -0.25) is 14.4 Å². The molecule has 1 heterocycles. The Hall–Kier alpha value is -3.21. The Kier molecular flexibility index (Phi) is 4.82. The highest BCUT2D eigenvalue weighted by atomic mass is 16.5. The zero-order chi connectivity index (χ0) is 19.7. The zero-order valence-corrected chi connectivity index (χ0v) is 15.6. The molecule has 4 rings (SSSR count). The number of nitrogens with zero attached hydrogens (tertiary/aromatic N) is 1. The van der Waals surface area contributed by atoms with E-state index < -0.39 is 0 Å². The van der Waals surface area contributed by atoms with Gasteiger partial charge in [0.15, 0.2) is 12.4 Å². The van der Waals surface area contributed by atoms with Crippen molar-refractivity contribution in [1.29, 1.82) is 0 Å². The van der Waals surface area contributed by atoms with Crippen LogP contribution in [0.4, 0.5) is 5.69 Å². The second-order valence-corrected chi connectivity index (χ2v) is 7.29. The highest BCUT2D eigenvalue weighted by molar-refractivity contribution is 6.22. The predicted molar refractivity (Wildman–Crippen MR) is 105 cm³/mol. The number of ketones is 1. The summed E-state index contributed by atoms with van der Waals surface area (Å²) in [7, 11) is 0. The van der Waals surface area contributed by atoms with Gasteiger partial charge in [0.2, 0.25) is 11.8 Å². The summed E-state index contributed by atoms with van der Waals surface area (Å²) >= 11 is 0. The van der Waals surface area contributed by atoms with Crippen LogP contribution in [0.25, 0.3) is 0 Å². The fourth-order valence-electron chi connectivity index (χ4n) is 3.86. The maximum Gasteiger partial charge on any atom is 0.238 e. The highest BCUT2D eigenvalue weighted by Crippen LogP contribution is 2.40. The number of rotatable bonds is 5. The van der Waals surface area contributed by atoms with Gasteiger partial charge in [-0.2, -0.15) is 0 Å². The molecule has 2 amide bonds. The van der Waals surface area contributed by atoms with Gasteiger partial charge in [0.1, 0.15) is 5.75 Å². The van der Waals surface area contributed by atoms with Crippen molar-refractivity contribution in [3.05, 3.63) is 71.8 Å². The molecule has 2 atom stereocenters. The second-order valence-electron chi connectivity index (χ2n) is 7.29. The van der Waals surface area contributed by atoms with E-state index in [-0.39, 0.29) is 36.0 Å². The van der Waals surface area contributed by atoms with Gasteiger partial charge in [0.05, 0.1) is 17.5 Å². The van der Waals surface area contributed by atoms with Gasteiger partial charge in [-0.1, -0.05) is 48.0 Å². The molecule has 2 aliphatic rings. The lowest BCUT2D eigenvalue weighted by molar-refractivity contribution is -0.122. The second kappa shape index (κ2) is 7.43. The summed E-state index contributed by atoms with van der Waals surface area (Å²) in [5.41, 5.74) is 2.22. The summed E-state index contributed by atoms with van der Waals surface area (Å²) in [5.74, 6) is -0.545. The average molecular weight is 375 g/mol. The number of fused-ring (bicyclic) bond motifs is 1. The molecule has 142 valence electrons. The van der Waals surface area contributed by atoms with E-state index in [0.717, 1.165) is 5.57 Å². The van der Waals surface area contributed by atoms with Crippen molar-refractivity contribution in [2.75, 3.05) is 11.5 Å². The maximum absolute atomic E-state index is 12.8. The summed E-state index contributed by atoms with van der Waals surface area (Å²) < 4.78 is 5.62. The van der Waals surface area contributed by atoms with Crippen LogP contribution in [-0.2, 0) is 9.59 Å². The first-order valence-electron chi connectivity index (χ1n) is 9.39. The summed E-state index contributed by atoms with van der Waals surface area (Å²) in [5, 5.41) is 0. The number of carbonyl (C=O) groups excluding carboxylic acids is 3. The van der Waals surface area contributed by atoms with Crippen LogP contribution in [0.1, 0.15) is 30.1 Å². The van der Waals surface area contributed by atoms with Crippen LogP contribution in [0.3, 0.4) is 0 Å². The normalized spacial score (nSPS) is 21.3. The van der Waals surface area contributed by atoms with Gasteiger partial charge in [0.25, 0.3) is 0 Å². The first kappa shape index (κ1) is 18.2. The maximum atomic E-state index is 12.8. The molecule has 0 aromatic heterocycles. The third-order valence-electron chi connectivity index (χ3n) is 5.36. The third-order valence-corrected chi connectivity index (χ3v) is 5.36. The fraction of sp³-hybridized carbons (Fsp3) is 0.261. The van der Waals surface area contributed by atoms with Crippen LogP contribution in [0.5, 0.6) is 5.75 Å². The van der Waals surface area contributed by atoms with Crippen LogP contribution >= 0.6 is 0 Å². The number of hydrogen-bond acceptors (Lipinski definition) is 4. The smallest absolute Gasteiger partial charge is 0.238 e. The molecule has 0 spiro atoms. The van der Waals surface area contributed by atoms with Crippen LogP contribution < -0.4 is 9.64 Å². The Labute approximate surface area is 163 Å². The van der Waals surface area contributed by atoms with E-state index in [0.29, 0.717) is 29.8 Å². The number of ether oxygens (including phenoxy) is 1. The lowest BCUT2D eigenvalue weighted by atomic mass is 9.82. The van der Waals surface area contributed by atoms with Crippen LogP contribution in [0, 0.1) is 11.8 Å². The lowest BCUT2D eigenvalue weighted by Gasteiger charge is -2.18. The van der Waals surface area contributed by atoms with Crippen molar-refractivity contribution in [1.82, 2.24) is 0 Å². The van der Waals surface area contributed by atoms with Crippen molar-refractivity contribution in [3.8, 4) is 5.75 Å². The molecule has 0 N–H and O–H groups in total. The number of allylic oxidation sites excluding steroid dienone is 2. The number of benzene rings is 2. The SMILES string of the molecule is CC1=CC[C@@H]2C(=O)N(c3cccc(OCC(=O)c4ccccc4)c3)C(=O)[C@H]2C1. The number of Topliss-reactive ketones (excluding diaryl/α,β-unsaturated/α-hetero) is 1. The molecule has 5 heteroatoms. The molecule has 0 unspecified atom stereocenters. The molecule has 2 aromatic rings. The summed E-state index contributed by atoms with van der Waals surface area (Å²) in [4.78, 5) is 39.1. The lowest BCUT2D eigenvalue weighted by Crippen LogP contribution is -2.30. The quantitative estimate of drug-likeness (QED) is 0.453. The van der Waals surface area contributed by atoms with E-state index in [4.69, 9.17) is 4.74 Å². The predicted octanol–water partition coefficient (Wildman–Crippen LogP) is 3.79.